The molecule has 0 bridgehead atoms. The quantitative estimate of drug-likeness (QED) is 0.452. The first-order chi connectivity index (χ1) is 14.9. The van der Waals surface area contributed by atoms with Crippen LogP contribution in [0.3, 0.4) is 0 Å². The summed E-state index contributed by atoms with van der Waals surface area (Å²) in [6.07, 6.45) is 12.1. The minimum absolute atomic E-state index is 0.00606. The minimum Gasteiger partial charge on any atom is -0.396 e. The van der Waals surface area contributed by atoms with Crippen molar-refractivity contribution < 1.29 is 10.2 Å². The Morgan fingerprint density at radius 2 is 1.53 bits per heavy atom. The van der Waals surface area contributed by atoms with Gasteiger partial charge in [-0.15, -0.1) is 0 Å². The van der Waals surface area contributed by atoms with E-state index >= 15 is 0 Å². The Morgan fingerprint density at radius 1 is 0.812 bits per heavy atom. The Kier molecular flexibility index (Phi) is 5.19. The monoisotopic (exact) mass is 442 g/mol. The SMILES string of the molecule is C=C(C)C1CCC2(C)CCC3(C)C(CCC4C5(CO)CCC(O)C(C)(C)C5CCC43C)C12. The third-order valence-corrected chi connectivity index (χ3v) is 13.5. The smallest absolute Gasteiger partial charge is 0.0594 e. The number of aliphatic hydroxyl groups excluding tert-OH is 2. The summed E-state index contributed by atoms with van der Waals surface area (Å²) in [5.74, 6) is 3.31. The molecule has 32 heavy (non-hydrogen) atoms. The van der Waals surface area contributed by atoms with Gasteiger partial charge in [0, 0.05) is 12.0 Å². The predicted octanol–water partition coefficient (Wildman–Crippen LogP) is 7.00. The maximum Gasteiger partial charge on any atom is 0.0594 e. The van der Waals surface area contributed by atoms with Gasteiger partial charge in [0.15, 0.2) is 0 Å². The molecule has 5 aliphatic rings. The lowest BCUT2D eigenvalue weighted by Gasteiger charge is -2.73. The van der Waals surface area contributed by atoms with Crippen molar-refractivity contribution in [1.82, 2.24) is 0 Å². The van der Waals surface area contributed by atoms with Crippen LogP contribution in [-0.4, -0.2) is 22.9 Å². The molecule has 0 radical (unpaired) electrons. The summed E-state index contributed by atoms with van der Waals surface area (Å²) in [5.41, 5.74) is 2.46. The van der Waals surface area contributed by atoms with Crippen LogP contribution in [0.2, 0.25) is 0 Å². The number of rotatable bonds is 2. The molecule has 0 aromatic rings. The molecule has 2 N–H and O–H groups in total. The average Bonchev–Trinajstić information content (AvgIpc) is 3.09. The van der Waals surface area contributed by atoms with Crippen molar-refractivity contribution in [2.24, 2.45) is 56.7 Å². The van der Waals surface area contributed by atoms with E-state index in [0.717, 1.165) is 24.7 Å². The van der Waals surface area contributed by atoms with Crippen molar-refractivity contribution in [3.05, 3.63) is 12.2 Å². The molecule has 0 amide bonds. The Morgan fingerprint density at radius 3 is 2.19 bits per heavy atom. The zero-order valence-electron chi connectivity index (χ0n) is 21.8. The standard InChI is InChI=1S/C30H50O2/c1-19(2)20-10-13-27(5)16-17-28(6)21(25(20)27)8-9-23-29(28,7)14-11-22-26(3,4)24(32)12-15-30(22,23)18-31/h20-25,31-32H,1,8-18H2,2-7H3. The molecule has 0 aromatic heterocycles. The summed E-state index contributed by atoms with van der Waals surface area (Å²) in [6, 6.07) is 0. The van der Waals surface area contributed by atoms with Crippen molar-refractivity contribution in [3.63, 3.8) is 0 Å². The largest absolute Gasteiger partial charge is 0.396 e. The van der Waals surface area contributed by atoms with Crippen LogP contribution in [0, 0.1) is 56.7 Å². The van der Waals surface area contributed by atoms with Crippen molar-refractivity contribution in [1.29, 1.82) is 0 Å². The fourth-order valence-corrected chi connectivity index (χ4v) is 11.5. The van der Waals surface area contributed by atoms with Crippen LogP contribution in [-0.2, 0) is 0 Å². The molecule has 2 nitrogen and oxygen atoms in total. The highest BCUT2D eigenvalue weighted by Crippen LogP contribution is 2.77. The summed E-state index contributed by atoms with van der Waals surface area (Å²) in [6.45, 7) is 19.5. The summed E-state index contributed by atoms with van der Waals surface area (Å²) in [4.78, 5) is 0. The van der Waals surface area contributed by atoms with E-state index in [1.54, 1.807) is 0 Å². The number of fused-ring (bicyclic) bond motifs is 7. The molecule has 182 valence electrons. The van der Waals surface area contributed by atoms with Gasteiger partial charge in [-0.25, -0.2) is 0 Å². The lowest BCUT2D eigenvalue weighted by molar-refractivity contribution is -0.259. The normalized spacial score (nSPS) is 56.5. The molecule has 2 heteroatoms. The lowest BCUT2D eigenvalue weighted by Crippen LogP contribution is -2.68. The van der Waals surface area contributed by atoms with E-state index in [2.05, 4.69) is 48.1 Å². The number of hydrogen-bond acceptors (Lipinski definition) is 2. The predicted molar refractivity (Wildman–Crippen MR) is 132 cm³/mol. The highest BCUT2D eigenvalue weighted by Gasteiger charge is 2.71. The van der Waals surface area contributed by atoms with Gasteiger partial charge in [0.2, 0.25) is 0 Å². The topological polar surface area (TPSA) is 40.5 Å². The van der Waals surface area contributed by atoms with Gasteiger partial charge in [0.05, 0.1) is 6.10 Å². The molecule has 5 fully saturated rings. The molecule has 5 aliphatic carbocycles. The molecule has 10 unspecified atom stereocenters. The van der Waals surface area contributed by atoms with Crippen molar-refractivity contribution in [3.8, 4) is 0 Å². The number of allylic oxidation sites excluding steroid dienone is 1. The second-order valence-corrected chi connectivity index (χ2v) is 14.6. The van der Waals surface area contributed by atoms with Gasteiger partial charge in [0.25, 0.3) is 0 Å². The molecule has 5 saturated carbocycles. The van der Waals surface area contributed by atoms with Crippen molar-refractivity contribution in [2.45, 2.75) is 112 Å². The van der Waals surface area contributed by atoms with Crippen LogP contribution >= 0.6 is 0 Å². The summed E-state index contributed by atoms with van der Waals surface area (Å²) in [5, 5.41) is 21.9. The van der Waals surface area contributed by atoms with E-state index in [9.17, 15) is 10.2 Å². The fourth-order valence-electron chi connectivity index (χ4n) is 11.5. The summed E-state index contributed by atoms with van der Waals surface area (Å²) >= 11 is 0. The third-order valence-electron chi connectivity index (χ3n) is 13.5. The molecule has 0 heterocycles. The van der Waals surface area contributed by atoms with E-state index in [4.69, 9.17) is 0 Å². The fraction of sp³-hybridized carbons (Fsp3) is 0.933. The molecule has 5 rings (SSSR count). The van der Waals surface area contributed by atoms with Gasteiger partial charge >= 0.3 is 0 Å². The van der Waals surface area contributed by atoms with Gasteiger partial charge in [-0.1, -0.05) is 46.8 Å². The third kappa shape index (κ3) is 2.66. The number of hydrogen-bond donors (Lipinski definition) is 2. The average molecular weight is 443 g/mol. The number of aliphatic hydroxyl groups is 2. The van der Waals surface area contributed by atoms with E-state index in [1.165, 1.54) is 56.9 Å². The summed E-state index contributed by atoms with van der Waals surface area (Å²) in [7, 11) is 0. The van der Waals surface area contributed by atoms with Gasteiger partial charge < -0.3 is 10.2 Å². The van der Waals surface area contributed by atoms with Crippen LogP contribution < -0.4 is 0 Å². The maximum absolute atomic E-state index is 11.0. The Balaban J connectivity index is 1.56. The molecular weight excluding hydrogens is 392 g/mol. The zero-order chi connectivity index (χ0) is 23.3. The van der Waals surface area contributed by atoms with Crippen molar-refractivity contribution >= 4 is 0 Å². The zero-order valence-corrected chi connectivity index (χ0v) is 21.8. The first kappa shape index (κ1) is 23.4. The molecule has 0 aliphatic heterocycles. The first-order valence-electron chi connectivity index (χ1n) is 13.8. The first-order valence-corrected chi connectivity index (χ1v) is 13.8. The molecule has 0 spiro atoms. The molecule has 0 aromatic carbocycles. The molecule has 0 saturated heterocycles. The van der Waals surface area contributed by atoms with Crippen LogP contribution in [0.15, 0.2) is 12.2 Å². The highest BCUT2D eigenvalue weighted by molar-refractivity contribution is 5.21. The minimum atomic E-state index is -0.228. The molecular formula is C30H50O2. The van der Waals surface area contributed by atoms with E-state index < -0.39 is 0 Å². The van der Waals surface area contributed by atoms with Gasteiger partial charge in [-0.2, -0.15) is 0 Å². The summed E-state index contributed by atoms with van der Waals surface area (Å²) < 4.78 is 0. The van der Waals surface area contributed by atoms with Gasteiger partial charge in [-0.3, -0.25) is 0 Å². The van der Waals surface area contributed by atoms with Crippen LogP contribution in [0.4, 0.5) is 0 Å². The van der Waals surface area contributed by atoms with E-state index in [-0.39, 0.29) is 22.3 Å². The van der Waals surface area contributed by atoms with Crippen LogP contribution in [0.5, 0.6) is 0 Å². The maximum atomic E-state index is 11.0. The molecule has 10 atom stereocenters. The Labute approximate surface area is 197 Å². The highest BCUT2D eigenvalue weighted by atomic mass is 16.3. The second kappa shape index (κ2) is 7.09. The van der Waals surface area contributed by atoms with E-state index in [0.29, 0.717) is 35.2 Å². The van der Waals surface area contributed by atoms with Gasteiger partial charge in [0.1, 0.15) is 0 Å². The van der Waals surface area contributed by atoms with Gasteiger partial charge in [-0.05, 0) is 122 Å². The van der Waals surface area contributed by atoms with Crippen LogP contribution in [0.25, 0.3) is 0 Å². The van der Waals surface area contributed by atoms with Crippen LogP contribution in [0.1, 0.15) is 106 Å². The Hall–Kier alpha value is -0.340. The van der Waals surface area contributed by atoms with Crippen molar-refractivity contribution in [2.75, 3.05) is 6.61 Å². The Bertz CT molecular complexity index is 786. The lowest BCUT2D eigenvalue weighted by atomic mass is 9.32. The second-order valence-electron chi connectivity index (χ2n) is 14.6. The van der Waals surface area contributed by atoms with E-state index in [1.807, 2.05) is 0 Å².